The molecule has 0 fully saturated rings. The molecule has 10 heteroatoms. The number of nitrogens with zero attached hydrogens (tertiary/aromatic N) is 2. The molecule has 0 heterocycles. The van der Waals surface area contributed by atoms with Crippen LogP contribution >= 0.6 is 23.2 Å². The van der Waals surface area contributed by atoms with E-state index in [0.29, 0.717) is 33.4 Å². The van der Waals surface area contributed by atoms with Crippen molar-refractivity contribution in [3.05, 3.63) is 63.1 Å². The van der Waals surface area contributed by atoms with Gasteiger partial charge in [0.15, 0.2) is 0 Å². The maximum Gasteiger partial charge on any atom is 0.244 e. The summed E-state index contributed by atoms with van der Waals surface area (Å²) in [6.07, 6.45) is 1.78. The summed E-state index contributed by atoms with van der Waals surface area (Å²) >= 11 is 12.7. The number of hydrogen-bond acceptors (Lipinski definition) is 4. The molecule has 1 N–H and O–H groups in total. The maximum absolute atomic E-state index is 13.6. The Morgan fingerprint density at radius 1 is 1.09 bits per heavy atom. The minimum absolute atomic E-state index is 0.0530. The lowest BCUT2D eigenvalue weighted by Crippen LogP contribution is -2.51. The molecule has 0 aliphatic heterocycles. The van der Waals surface area contributed by atoms with Crippen LogP contribution in [0.5, 0.6) is 0 Å². The van der Waals surface area contributed by atoms with Crippen LogP contribution in [0.4, 0.5) is 5.69 Å². The van der Waals surface area contributed by atoms with E-state index < -0.39 is 28.5 Å². The molecule has 1 atom stereocenters. The van der Waals surface area contributed by atoms with Crippen molar-refractivity contribution in [2.24, 2.45) is 0 Å². The second-order valence-electron chi connectivity index (χ2n) is 8.25. The summed E-state index contributed by atoms with van der Waals surface area (Å²) < 4.78 is 26.4. The fourth-order valence-electron chi connectivity index (χ4n) is 3.51. The molecule has 0 radical (unpaired) electrons. The molecule has 34 heavy (non-hydrogen) atoms. The highest BCUT2D eigenvalue weighted by molar-refractivity contribution is 7.92. The lowest BCUT2D eigenvalue weighted by molar-refractivity contribution is -0.139. The van der Waals surface area contributed by atoms with Crippen LogP contribution in [0.1, 0.15) is 37.0 Å². The summed E-state index contributed by atoms with van der Waals surface area (Å²) in [5.74, 6) is -0.906. The van der Waals surface area contributed by atoms with Crippen molar-refractivity contribution in [1.29, 1.82) is 0 Å². The molecule has 0 aliphatic rings. The maximum atomic E-state index is 13.6. The molecule has 0 aromatic heterocycles. The van der Waals surface area contributed by atoms with Crippen LogP contribution in [0.3, 0.4) is 0 Å². The van der Waals surface area contributed by atoms with Crippen molar-refractivity contribution in [1.82, 2.24) is 10.2 Å². The minimum atomic E-state index is -3.80. The predicted octanol–water partition coefficient (Wildman–Crippen LogP) is 4.32. The molecule has 7 nitrogen and oxygen atoms in total. The van der Waals surface area contributed by atoms with E-state index >= 15 is 0 Å². The monoisotopic (exact) mass is 527 g/mol. The first kappa shape index (κ1) is 28.0. The summed E-state index contributed by atoms with van der Waals surface area (Å²) in [6, 6.07) is 9.39. The van der Waals surface area contributed by atoms with E-state index in [1.807, 2.05) is 19.9 Å². The lowest BCUT2D eigenvalue weighted by Gasteiger charge is -2.32. The number of carbonyl (C=O) groups is 2. The third kappa shape index (κ3) is 7.10. The third-order valence-electron chi connectivity index (χ3n) is 5.41. The van der Waals surface area contributed by atoms with Crippen molar-refractivity contribution in [3.8, 4) is 0 Å². The summed E-state index contributed by atoms with van der Waals surface area (Å²) in [7, 11) is -3.80. The van der Waals surface area contributed by atoms with Gasteiger partial charge in [0.1, 0.15) is 12.6 Å². The molecule has 2 rings (SSSR count). The van der Waals surface area contributed by atoms with Gasteiger partial charge in [0, 0.05) is 28.7 Å². The number of aryl methyl sites for hydroxylation is 2. The van der Waals surface area contributed by atoms with Gasteiger partial charge in [0.2, 0.25) is 21.8 Å². The smallest absolute Gasteiger partial charge is 0.244 e. The number of carbonyl (C=O) groups excluding carboxylic acids is 2. The van der Waals surface area contributed by atoms with Gasteiger partial charge in [-0.1, -0.05) is 53.9 Å². The van der Waals surface area contributed by atoms with E-state index in [9.17, 15) is 18.0 Å². The third-order valence-corrected chi connectivity index (χ3v) is 7.24. The fraction of sp³-hybridized carbons (Fsp3) is 0.417. The summed E-state index contributed by atoms with van der Waals surface area (Å²) in [4.78, 5) is 27.6. The average Bonchev–Trinajstić information content (AvgIpc) is 2.74. The number of amides is 2. The number of anilines is 1. The van der Waals surface area contributed by atoms with Gasteiger partial charge in [-0.15, -0.1) is 0 Å². The van der Waals surface area contributed by atoms with Crippen molar-refractivity contribution in [2.45, 2.75) is 46.7 Å². The molecular weight excluding hydrogens is 497 g/mol. The lowest BCUT2D eigenvalue weighted by atomic mass is 10.1. The molecule has 0 bridgehead atoms. The van der Waals surface area contributed by atoms with E-state index in [4.69, 9.17) is 23.2 Å². The number of halogens is 2. The Morgan fingerprint density at radius 2 is 1.71 bits per heavy atom. The fourth-order valence-corrected chi connectivity index (χ4v) is 4.94. The number of rotatable bonds is 10. The minimum Gasteiger partial charge on any atom is -0.354 e. The highest BCUT2D eigenvalue weighted by Gasteiger charge is 2.31. The molecule has 186 valence electrons. The number of sulfonamides is 1. The van der Waals surface area contributed by atoms with Crippen LogP contribution in [0, 0.1) is 13.8 Å². The largest absolute Gasteiger partial charge is 0.354 e. The van der Waals surface area contributed by atoms with Crippen LogP contribution in [-0.4, -0.2) is 50.5 Å². The van der Waals surface area contributed by atoms with Crippen molar-refractivity contribution >= 4 is 50.7 Å². The van der Waals surface area contributed by atoms with Crippen molar-refractivity contribution in [2.75, 3.05) is 23.7 Å². The van der Waals surface area contributed by atoms with E-state index in [-0.39, 0.29) is 12.5 Å². The molecule has 2 aromatic carbocycles. The standard InChI is InChI=1S/C24H31Cl2N3O4S/c1-6-12-27-24(31)18(4)28(14-19-20(25)8-7-9-21(19)26)23(30)15-29(34(5,32)33)22-11-10-16(2)13-17(22)3/h7-11,13,18H,6,12,14-15H2,1-5H3,(H,27,31). The molecule has 0 saturated heterocycles. The molecule has 0 aliphatic carbocycles. The number of hydrogen-bond donors (Lipinski definition) is 1. The van der Waals surface area contributed by atoms with Crippen molar-refractivity contribution in [3.63, 3.8) is 0 Å². The average molecular weight is 529 g/mol. The normalized spacial score (nSPS) is 12.2. The quantitative estimate of drug-likeness (QED) is 0.498. The predicted molar refractivity (Wildman–Crippen MR) is 138 cm³/mol. The Labute approximate surface area is 212 Å². The summed E-state index contributed by atoms with van der Waals surface area (Å²) in [5, 5.41) is 3.48. The van der Waals surface area contributed by atoms with Crippen molar-refractivity contribution < 1.29 is 18.0 Å². The van der Waals surface area contributed by atoms with Crippen LogP contribution in [0.25, 0.3) is 0 Å². The molecule has 0 saturated carbocycles. The number of benzene rings is 2. The molecular formula is C24H31Cl2N3O4S. The Hall–Kier alpha value is -2.29. The highest BCUT2D eigenvalue weighted by atomic mass is 35.5. The molecule has 2 aromatic rings. The van der Waals surface area contributed by atoms with Gasteiger partial charge in [0.05, 0.1) is 11.9 Å². The second-order valence-corrected chi connectivity index (χ2v) is 11.0. The van der Waals surface area contributed by atoms with E-state index in [1.54, 1.807) is 44.2 Å². The Balaban J connectivity index is 2.46. The van der Waals surface area contributed by atoms with Crippen LogP contribution in [-0.2, 0) is 26.2 Å². The summed E-state index contributed by atoms with van der Waals surface area (Å²) in [5.41, 5.74) is 2.57. The van der Waals surface area contributed by atoms with Gasteiger partial charge < -0.3 is 10.2 Å². The van der Waals surface area contributed by atoms with E-state index in [0.717, 1.165) is 22.5 Å². The Kier molecular flexibility index (Phi) is 9.79. The topological polar surface area (TPSA) is 86.8 Å². The first-order valence-electron chi connectivity index (χ1n) is 10.9. The van der Waals surface area contributed by atoms with Crippen LogP contribution in [0.2, 0.25) is 10.0 Å². The van der Waals surface area contributed by atoms with Gasteiger partial charge in [-0.05, 0) is 51.0 Å². The Morgan fingerprint density at radius 3 is 2.24 bits per heavy atom. The zero-order chi connectivity index (χ0) is 25.6. The van der Waals surface area contributed by atoms with Crippen LogP contribution in [0.15, 0.2) is 36.4 Å². The molecule has 1 unspecified atom stereocenters. The zero-order valence-corrected chi connectivity index (χ0v) is 22.4. The van der Waals surface area contributed by atoms with E-state index in [1.165, 1.54) is 4.90 Å². The highest BCUT2D eigenvalue weighted by Crippen LogP contribution is 2.28. The zero-order valence-electron chi connectivity index (χ0n) is 20.1. The number of nitrogens with one attached hydrogen (secondary N) is 1. The molecule has 2 amide bonds. The summed E-state index contributed by atoms with van der Waals surface area (Å²) in [6.45, 7) is 7.13. The Bertz CT molecular complexity index is 1130. The second kappa shape index (κ2) is 11.9. The van der Waals surface area contributed by atoms with Crippen LogP contribution < -0.4 is 9.62 Å². The first-order valence-corrected chi connectivity index (χ1v) is 13.5. The van der Waals surface area contributed by atoms with Gasteiger partial charge in [-0.2, -0.15) is 0 Å². The van der Waals surface area contributed by atoms with Gasteiger partial charge in [-0.3, -0.25) is 13.9 Å². The van der Waals surface area contributed by atoms with Gasteiger partial charge in [0.25, 0.3) is 0 Å². The SMILES string of the molecule is CCCNC(=O)C(C)N(Cc1c(Cl)cccc1Cl)C(=O)CN(c1ccc(C)cc1C)S(C)(=O)=O. The van der Waals surface area contributed by atoms with Gasteiger partial charge >= 0.3 is 0 Å². The molecule has 0 spiro atoms. The van der Waals surface area contributed by atoms with Gasteiger partial charge in [-0.25, -0.2) is 8.42 Å². The first-order chi connectivity index (χ1) is 15.9. The van der Waals surface area contributed by atoms with E-state index in [2.05, 4.69) is 5.32 Å².